The highest BCUT2D eigenvalue weighted by atomic mass is 16.5. The van der Waals surface area contributed by atoms with Crippen molar-refractivity contribution >= 4 is 23.4 Å². The molecular formula is C29H38N4O4. The highest BCUT2D eigenvalue weighted by Crippen LogP contribution is 2.37. The van der Waals surface area contributed by atoms with E-state index in [2.05, 4.69) is 17.4 Å². The molecule has 0 aromatic heterocycles. The van der Waals surface area contributed by atoms with Gasteiger partial charge in [-0.15, -0.1) is 0 Å². The number of nitrogens with two attached hydrogens (primary N) is 1. The predicted octanol–water partition coefficient (Wildman–Crippen LogP) is 4.21. The second-order valence-electron chi connectivity index (χ2n) is 10.7. The molecule has 8 nitrogen and oxygen atoms in total. The number of anilines is 2. The van der Waals surface area contributed by atoms with Crippen LogP contribution in [0.25, 0.3) is 0 Å². The van der Waals surface area contributed by atoms with Crippen LogP contribution >= 0.6 is 0 Å². The van der Waals surface area contributed by atoms with Gasteiger partial charge in [-0.05, 0) is 72.4 Å². The standard InChI is InChI=1S/C29H38N4O4/c1-19-24-5-6-26(28(19)30)31-10-2-14-37-18-20-7-11-32(12-8-20)29(36)33-13-9-21-3-4-22(15-23(21)17-33)25(24)16-27(34)35/h3-6,15,20,25,31H,2,7-14,16-18,30H2,1H3,(H,34,35). The molecule has 8 rings (SSSR count). The molecule has 1 saturated heterocycles. The first-order valence-electron chi connectivity index (χ1n) is 13.5. The van der Waals surface area contributed by atoms with E-state index in [4.69, 9.17) is 10.5 Å². The average Bonchev–Trinajstić information content (AvgIpc) is 2.90. The first-order valence-corrected chi connectivity index (χ1v) is 13.5. The summed E-state index contributed by atoms with van der Waals surface area (Å²) in [5.74, 6) is -0.687. The Hall–Kier alpha value is -3.26. The Balaban J connectivity index is 1.49. The van der Waals surface area contributed by atoms with Crippen LogP contribution in [-0.4, -0.2) is 66.3 Å². The summed E-state index contributed by atoms with van der Waals surface area (Å²) in [4.78, 5) is 29.2. The number of nitrogen functional groups attached to an aromatic ring is 1. The SMILES string of the molecule is Cc1c2ccc(c1N)NCCCOCC1CCN(CC1)C(=O)N1CCc3ccc(cc3C1)C2CC(=O)O. The van der Waals surface area contributed by atoms with Gasteiger partial charge in [0.2, 0.25) is 0 Å². The van der Waals surface area contributed by atoms with Crippen molar-refractivity contribution in [2.24, 2.45) is 5.92 Å². The number of benzene rings is 2. The maximum atomic E-state index is 13.4. The maximum Gasteiger partial charge on any atom is 0.320 e. The van der Waals surface area contributed by atoms with Gasteiger partial charge in [0.15, 0.2) is 0 Å². The number of rotatable bonds is 2. The number of hydrogen-bond acceptors (Lipinski definition) is 5. The van der Waals surface area contributed by atoms with Gasteiger partial charge >= 0.3 is 12.0 Å². The number of amides is 2. The van der Waals surface area contributed by atoms with Gasteiger partial charge in [0.1, 0.15) is 0 Å². The zero-order valence-corrected chi connectivity index (χ0v) is 21.7. The molecule has 8 heteroatoms. The molecule has 2 amide bonds. The van der Waals surface area contributed by atoms with Crippen molar-refractivity contribution in [3.8, 4) is 0 Å². The van der Waals surface area contributed by atoms with E-state index >= 15 is 0 Å². The summed E-state index contributed by atoms with van der Waals surface area (Å²) in [5.41, 5.74) is 13.2. The molecule has 2 aromatic rings. The summed E-state index contributed by atoms with van der Waals surface area (Å²) in [6.45, 7) is 6.92. The number of hydrogen-bond donors (Lipinski definition) is 3. The zero-order valence-electron chi connectivity index (χ0n) is 21.7. The van der Waals surface area contributed by atoms with Crippen LogP contribution in [0, 0.1) is 12.8 Å². The van der Waals surface area contributed by atoms with E-state index < -0.39 is 5.97 Å². The molecule has 4 N–H and O–H groups in total. The zero-order chi connectivity index (χ0) is 25.9. The van der Waals surface area contributed by atoms with E-state index in [1.165, 1.54) is 5.56 Å². The lowest BCUT2D eigenvalue weighted by molar-refractivity contribution is -0.137. The molecule has 0 aliphatic carbocycles. The molecular weight excluding hydrogens is 468 g/mol. The van der Waals surface area contributed by atoms with Crippen LogP contribution in [-0.2, 0) is 22.5 Å². The Labute approximate surface area is 218 Å². The second-order valence-corrected chi connectivity index (χ2v) is 10.7. The summed E-state index contributed by atoms with van der Waals surface area (Å²) in [6.07, 6.45) is 3.58. The van der Waals surface area contributed by atoms with Crippen LogP contribution < -0.4 is 11.1 Å². The van der Waals surface area contributed by atoms with Crippen molar-refractivity contribution in [3.63, 3.8) is 0 Å². The lowest BCUT2D eigenvalue weighted by Gasteiger charge is -2.37. The average molecular weight is 507 g/mol. The molecule has 198 valence electrons. The molecule has 0 spiro atoms. The number of ether oxygens (including phenoxy) is 1. The van der Waals surface area contributed by atoms with E-state index in [0.29, 0.717) is 31.3 Å². The number of carbonyl (C=O) groups is 2. The van der Waals surface area contributed by atoms with Crippen LogP contribution in [0.3, 0.4) is 0 Å². The summed E-state index contributed by atoms with van der Waals surface area (Å²) in [5, 5.41) is 13.2. The number of urea groups is 1. The minimum absolute atomic E-state index is 0.0270. The number of carboxylic acid groups (broad SMARTS) is 1. The number of nitrogens with zero attached hydrogens (tertiary/aromatic N) is 2. The van der Waals surface area contributed by atoms with E-state index in [1.807, 2.05) is 34.9 Å². The van der Waals surface area contributed by atoms with Crippen molar-refractivity contribution in [3.05, 3.63) is 58.1 Å². The number of carbonyl (C=O) groups excluding carboxylic acids is 1. The molecule has 1 atom stereocenters. The molecule has 7 bridgehead atoms. The summed E-state index contributed by atoms with van der Waals surface area (Å²) >= 11 is 0. The lowest BCUT2D eigenvalue weighted by Crippen LogP contribution is -2.48. The molecule has 37 heavy (non-hydrogen) atoms. The van der Waals surface area contributed by atoms with Crippen molar-refractivity contribution < 1.29 is 19.4 Å². The summed E-state index contributed by atoms with van der Waals surface area (Å²) in [7, 11) is 0. The smallest absolute Gasteiger partial charge is 0.320 e. The fourth-order valence-electron chi connectivity index (χ4n) is 5.95. The quantitative estimate of drug-likeness (QED) is 0.527. The molecule has 1 fully saturated rings. The third-order valence-corrected chi connectivity index (χ3v) is 8.25. The molecule has 0 saturated carbocycles. The van der Waals surface area contributed by atoms with Crippen LogP contribution in [0.4, 0.5) is 16.2 Å². The number of nitrogens with one attached hydrogen (secondary N) is 1. The highest BCUT2D eigenvalue weighted by molar-refractivity contribution is 5.76. The van der Waals surface area contributed by atoms with Crippen LogP contribution in [0.1, 0.15) is 59.4 Å². The number of aliphatic carboxylic acids is 1. The van der Waals surface area contributed by atoms with Gasteiger partial charge in [-0.2, -0.15) is 0 Å². The van der Waals surface area contributed by atoms with E-state index in [-0.39, 0.29) is 18.4 Å². The van der Waals surface area contributed by atoms with Gasteiger partial charge in [0.05, 0.1) is 17.8 Å². The molecule has 6 aliphatic heterocycles. The Kier molecular flexibility index (Phi) is 7.55. The van der Waals surface area contributed by atoms with Crippen molar-refractivity contribution in [2.75, 3.05) is 50.4 Å². The topological polar surface area (TPSA) is 108 Å². The van der Waals surface area contributed by atoms with Crippen molar-refractivity contribution in [2.45, 2.75) is 51.5 Å². The van der Waals surface area contributed by atoms with E-state index in [9.17, 15) is 14.7 Å². The summed E-state index contributed by atoms with van der Waals surface area (Å²) in [6, 6.07) is 10.3. The van der Waals surface area contributed by atoms with Crippen LogP contribution in [0.2, 0.25) is 0 Å². The first kappa shape index (κ1) is 25.4. The van der Waals surface area contributed by atoms with Crippen LogP contribution in [0.15, 0.2) is 30.3 Å². The third kappa shape index (κ3) is 5.54. The monoisotopic (exact) mass is 506 g/mol. The number of piperidine rings is 1. The molecule has 6 aliphatic rings. The van der Waals surface area contributed by atoms with Gasteiger partial charge in [-0.25, -0.2) is 4.79 Å². The Bertz CT molecular complexity index is 1160. The number of carboxylic acids is 1. The largest absolute Gasteiger partial charge is 0.481 e. The van der Waals surface area contributed by atoms with Gasteiger partial charge < -0.3 is 30.7 Å². The maximum absolute atomic E-state index is 13.4. The second kappa shape index (κ2) is 11.0. The minimum atomic E-state index is -0.853. The fraction of sp³-hybridized carbons (Fsp3) is 0.517. The molecule has 0 radical (unpaired) electrons. The van der Waals surface area contributed by atoms with Gasteiger partial charge in [-0.1, -0.05) is 24.3 Å². The van der Waals surface area contributed by atoms with Crippen molar-refractivity contribution in [1.29, 1.82) is 0 Å². The van der Waals surface area contributed by atoms with Gasteiger partial charge in [0, 0.05) is 51.9 Å². The molecule has 1 unspecified atom stereocenters. The Morgan fingerprint density at radius 3 is 2.73 bits per heavy atom. The Morgan fingerprint density at radius 2 is 1.95 bits per heavy atom. The van der Waals surface area contributed by atoms with Crippen LogP contribution in [0.5, 0.6) is 0 Å². The Morgan fingerprint density at radius 1 is 1.14 bits per heavy atom. The van der Waals surface area contributed by atoms with Gasteiger partial charge in [-0.3, -0.25) is 4.79 Å². The van der Waals surface area contributed by atoms with Gasteiger partial charge in [0.25, 0.3) is 0 Å². The predicted molar refractivity (Wildman–Crippen MR) is 144 cm³/mol. The minimum Gasteiger partial charge on any atom is -0.481 e. The highest BCUT2D eigenvalue weighted by Gasteiger charge is 2.30. The van der Waals surface area contributed by atoms with E-state index in [1.54, 1.807) is 0 Å². The molecule has 2 aromatic carbocycles. The van der Waals surface area contributed by atoms with Crippen molar-refractivity contribution in [1.82, 2.24) is 9.80 Å². The summed E-state index contributed by atoms with van der Waals surface area (Å²) < 4.78 is 5.96. The van der Waals surface area contributed by atoms with E-state index in [0.717, 1.165) is 79.9 Å². The molecule has 6 heterocycles. The normalized spacial score (nSPS) is 22.6. The lowest BCUT2D eigenvalue weighted by atomic mass is 9.83. The first-order chi connectivity index (χ1) is 17.9. The third-order valence-electron chi connectivity index (χ3n) is 8.25. The fourth-order valence-corrected chi connectivity index (χ4v) is 5.95.